The number of hydrogen-bond acceptors (Lipinski definition) is 6. The fourth-order valence-electron chi connectivity index (χ4n) is 3.71. The van der Waals surface area contributed by atoms with Gasteiger partial charge in [0.2, 0.25) is 6.29 Å². The highest BCUT2D eigenvalue weighted by atomic mass is 35.5. The van der Waals surface area contributed by atoms with Gasteiger partial charge in [0.05, 0.1) is 23.3 Å². The monoisotopic (exact) mass is 405 g/mol. The number of benzene rings is 2. The first kappa shape index (κ1) is 19.2. The topological polar surface area (TPSA) is 115 Å². The van der Waals surface area contributed by atoms with E-state index in [-0.39, 0.29) is 10.8 Å². The highest BCUT2D eigenvalue weighted by molar-refractivity contribution is 6.32. The van der Waals surface area contributed by atoms with E-state index in [4.69, 9.17) is 16.3 Å². The van der Waals surface area contributed by atoms with Crippen molar-refractivity contribution in [2.45, 2.75) is 24.1 Å². The molecule has 7 nitrogen and oxygen atoms in total. The number of para-hydroxylation sites is 1. The molecule has 1 aliphatic carbocycles. The average Bonchev–Trinajstić information content (AvgIpc) is 3.13. The molecule has 0 spiro atoms. The number of aliphatic hydroxyl groups excluding tert-OH is 4. The summed E-state index contributed by atoms with van der Waals surface area (Å²) in [5.74, 6) is -1.05. The first-order chi connectivity index (χ1) is 13.4. The molecule has 0 aliphatic heterocycles. The van der Waals surface area contributed by atoms with Gasteiger partial charge >= 0.3 is 0 Å². The zero-order valence-electron chi connectivity index (χ0n) is 14.7. The molecule has 2 aromatic carbocycles. The summed E-state index contributed by atoms with van der Waals surface area (Å²) in [5, 5.41) is 50.8. The number of aliphatic hydroxyl groups is 5. The van der Waals surface area contributed by atoms with Crippen molar-refractivity contribution in [2.24, 2.45) is 5.92 Å². The van der Waals surface area contributed by atoms with Crippen LogP contribution in [0.3, 0.4) is 0 Å². The maximum Gasteiger partial charge on any atom is 0.229 e. The Morgan fingerprint density at radius 3 is 2.61 bits per heavy atom. The number of nitrogens with zero attached hydrogens (tertiary/aromatic N) is 1. The molecule has 5 N–H and O–H groups in total. The van der Waals surface area contributed by atoms with Gasteiger partial charge in [-0.2, -0.15) is 0 Å². The van der Waals surface area contributed by atoms with Crippen LogP contribution < -0.4 is 4.74 Å². The van der Waals surface area contributed by atoms with Crippen LogP contribution in [0.2, 0.25) is 5.02 Å². The minimum absolute atomic E-state index is 0.0908. The number of ether oxygens (including phenoxy) is 1. The van der Waals surface area contributed by atoms with E-state index in [0.717, 1.165) is 16.6 Å². The number of halogens is 1. The van der Waals surface area contributed by atoms with Crippen LogP contribution in [0.5, 0.6) is 5.75 Å². The second-order valence-corrected chi connectivity index (χ2v) is 7.35. The zero-order chi connectivity index (χ0) is 20.1. The van der Waals surface area contributed by atoms with Gasteiger partial charge in [0, 0.05) is 17.8 Å². The summed E-state index contributed by atoms with van der Waals surface area (Å²) in [7, 11) is 0. The fourth-order valence-corrected chi connectivity index (χ4v) is 3.93. The molecular formula is C20H20ClNO6. The normalized spacial score (nSPS) is 28.1. The molecule has 5 atom stereocenters. The predicted octanol–water partition coefficient (Wildman–Crippen LogP) is 1.06. The molecule has 3 aromatic rings. The second-order valence-electron chi connectivity index (χ2n) is 6.94. The van der Waals surface area contributed by atoms with Gasteiger partial charge < -0.3 is 34.8 Å². The maximum absolute atomic E-state index is 10.5. The van der Waals surface area contributed by atoms with Crippen molar-refractivity contribution in [3.8, 4) is 11.4 Å². The summed E-state index contributed by atoms with van der Waals surface area (Å²) >= 11 is 6.30. The number of fused-ring (bicyclic) bond motifs is 1. The molecule has 1 fully saturated rings. The van der Waals surface area contributed by atoms with E-state index in [1.165, 1.54) is 6.07 Å². The number of rotatable bonds is 5. The van der Waals surface area contributed by atoms with Gasteiger partial charge in [0.1, 0.15) is 11.9 Å². The molecule has 8 heteroatoms. The quantitative estimate of drug-likeness (QED) is 0.405. The van der Waals surface area contributed by atoms with Gasteiger partial charge in [-0.25, -0.2) is 0 Å². The smallest absolute Gasteiger partial charge is 0.229 e. The molecular weight excluding hydrogens is 386 g/mol. The lowest BCUT2D eigenvalue weighted by Crippen LogP contribution is -2.76. The van der Waals surface area contributed by atoms with Crippen LogP contribution in [0, 0.1) is 5.92 Å². The summed E-state index contributed by atoms with van der Waals surface area (Å²) in [5.41, 5.74) is -0.426. The Bertz CT molecular complexity index is 1010. The van der Waals surface area contributed by atoms with Crippen LogP contribution in [0.25, 0.3) is 16.6 Å². The Kier molecular flexibility index (Phi) is 4.83. The molecule has 0 bridgehead atoms. The first-order valence-corrected chi connectivity index (χ1v) is 9.15. The third kappa shape index (κ3) is 2.79. The Labute approximate surface area is 165 Å². The Morgan fingerprint density at radius 2 is 1.89 bits per heavy atom. The standard InChI is InChI=1S/C20H20ClNO6/c21-14-9-12(22-8-7-11-3-1-2-4-15(11)22)5-6-16(14)28-19(26)20(27)13(10-23)17(24)18(20)25/h1-9,13,17-19,23-27H,10H2/t13?,17-,18?,19-,20?/m1/s1. The lowest BCUT2D eigenvalue weighted by molar-refractivity contribution is -0.332. The molecule has 4 rings (SSSR count). The maximum atomic E-state index is 10.5. The molecule has 0 amide bonds. The Hall–Kier alpha value is -2.13. The van der Waals surface area contributed by atoms with Crippen molar-refractivity contribution in [3.05, 3.63) is 59.8 Å². The average molecular weight is 406 g/mol. The van der Waals surface area contributed by atoms with Crippen molar-refractivity contribution in [2.75, 3.05) is 6.61 Å². The molecule has 3 unspecified atom stereocenters. The molecule has 1 heterocycles. The molecule has 0 radical (unpaired) electrons. The van der Waals surface area contributed by atoms with Crippen LogP contribution in [0.15, 0.2) is 54.7 Å². The zero-order valence-corrected chi connectivity index (χ0v) is 15.4. The first-order valence-electron chi connectivity index (χ1n) is 8.78. The molecule has 1 aliphatic rings. The SMILES string of the molecule is OCC1[C@@H](O)C(O)C1(O)[C@H](O)Oc1ccc(-n2ccc3ccccc32)cc1Cl. The van der Waals surface area contributed by atoms with E-state index in [9.17, 15) is 25.5 Å². The summed E-state index contributed by atoms with van der Waals surface area (Å²) in [4.78, 5) is 0. The minimum atomic E-state index is -2.20. The lowest BCUT2D eigenvalue weighted by atomic mass is 9.64. The van der Waals surface area contributed by atoms with Crippen LogP contribution in [0.4, 0.5) is 0 Å². The van der Waals surface area contributed by atoms with Crippen molar-refractivity contribution in [3.63, 3.8) is 0 Å². The van der Waals surface area contributed by atoms with E-state index in [1.807, 2.05) is 41.1 Å². The lowest BCUT2D eigenvalue weighted by Gasteiger charge is -2.53. The number of hydrogen-bond donors (Lipinski definition) is 5. The predicted molar refractivity (Wildman–Crippen MR) is 102 cm³/mol. The summed E-state index contributed by atoms with van der Waals surface area (Å²) < 4.78 is 7.29. The third-order valence-corrected chi connectivity index (χ3v) is 5.72. The third-order valence-electron chi connectivity index (χ3n) is 5.43. The molecule has 148 valence electrons. The van der Waals surface area contributed by atoms with Gasteiger partial charge in [0.25, 0.3) is 0 Å². The van der Waals surface area contributed by atoms with Crippen molar-refractivity contribution >= 4 is 22.5 Å². The molecule has 28 heavy (non-hydrogen) atoms. The summed E-state index contributed by atoms with van der Waals surface area (Å²) in [6, 6.07) is 14.8. The second kappa shape index (κ2) is 7.04. The molecule has 0 saturated heterocycles. The highest BCUT2D eigenvalue weighted by Crippen LogP contribution is 2.43. The van der Waals surface area contributed by atoms with Crippen LogP contribution in [-0.4, -0.2) is 60.8 Å². The number of aromatic nitrogens is 1. The van der Waals surface area contributed by atoms with E-state index in [2.05, 4.69) is 0 Å². The van der Waals surface area contributed by atoms with Gasteiger partial charge in [-0.1, -0.05) is 29.8 Å². The van der Waals surface area contributed by atoms with Crippen LogP contribution in [-0.2, 0) is 0 Å². The fraction of sp³-hybridized carbons (Fsp3) is 0.300. The van der Waals surface area contributed by atoms with E-state index < -0.39 is 36.6 Å². The largest absolute Gasteiger partial charge is 0.460 e. The van der Waals surface area contributed by atoms with E-state index in [0.29, 0.717) is 0 Å². The van der Waals surface area contributed by atoms with Gasteiger partial charge in [-0.3, -0.25) is 0 Å². The van der Waals surface area contributed by atoms with Crippen molar-refractivity contribution in [1.29, 1.82) is 0 Å². The van der Waals surface area contributed by atoms with Gasteiger partial charge in [-0.15, -0.1) is 0 Å². The van der Waals surface area contributed by atoms with Gasteiger partial charge in [-0.05, 0) is 35.7 Å². The van der Waals surface area contributed by atoms with Crippen molar-refractivity contribution < 1.29 is 30.3 Å². The van der Waals surface area contributed by atoms with Crippen molar-refractivity contribution in [1.82, 2.24) is 4.57 Å². The van der Waals surface area contributed by atoms with E-state index >= 15 is 0 Å². The Balaban J connectivity index is 1.59. The van der Waals surface area contributed by atoms with Crippen LogP contribution in [0.1, 0.15) is 0 Å². The molecule has 1 saturated carbocycles. The minimum Gasteiger partial charge on any atom is -0.460 e. The summed E-state index contributed by atoms with van der Waals surface area (Å²) in [6.07, 6.45) is -2.98. The summed E-state index contributed by atoms with van der Waals surface area (Å²) in [6.45, 7) is -0.622. The highest BCUT2D eigenvalue weighted by Gasteiger charge is 2.65. The van der Waals surface area contributed by atoms with Crippen LogP contribution >= 0.6 is 11.6 Å². The van der Waals surface area contributed by atoms with Gasteiger partial charge in [0.15, 0.2) is 5.60 Å². The molecule has 1 aromatic heterocycles. The Morgan fingerprint density at radius 1 is 1.14 bits per heavy atom. The van der Waals surface area contributed by atoms with E-state index in [1.54, 1.807) is 12.1 Å².